The second kappa shape index (κ2) is 9.38. The van der Waals surface area contributed by atoms with E-state index in [1.54, 1.807) is 29.4 Å². The molecule has 0 aliphatic carbocycles. The van der Waals surface area contributed by atoms with Crippen LogP contribution >= 0.6 is 11.6 Å². The fourth-order valence-electron chi connectivity index (χ4n) is 3.14. The Labute approximate surface area is 172 Å². The average Bonchev–Trinajstić information content (AvgIpc) is 3.24. The van der Waals surface area contributed by atoms with Gasteiger partial charge >= 0.3 is 0 Å². The number of piperidine rings is 1. The predicted octanol–water partition coefficient (Wildman–Crippen LogP) is 3.52. The molecule has 1 fully saturated rings. The van der Waals surface area contributed by atoms with E-state index in [1.165, 1.54) is 18.2 Å². The number of nitro benzene ring substituents is 1. The van der Waals surface area contributed by atoms with Crippen molar-refractivity contribution < 1.29 is 18.9 Å². The molecule has 0 spiro atoms. The lowest BCUT2D eigenvalue weighted by Crippen LogP contribution is -2.41. The van der Waals surface area contributed by atoms with Crippen molar-refractivity contribution in [3.63, 3.8) is 0 Å². The summed E-state index contributed by atoms with van der Waals surface area (Å²) in [5, 5.41) is 13.6. The van der Waals surface area contributed by atoms with Crippen LogP contribution in [0.1, 0.15) is 29.0 Å². The molecular weight excluding hydrogens is 398 g/mol. The van der Waals surface area contributed by atoms with Crippen molar-refractivity contribution in [1.82, 2.24) is 10.2 Å². The molecule has 9 heteroatoms. The number of nitrogens with one attached hydrogen (secondary N) is 1. The number of nitro groups is 1. The number of halogens is 1. The molecule has 1 aromatic carbocycles. The number of benzene rings is 1. The highest BCUT2D eigenvalue weighted by molar-refractivity contribution is 6.34. The highest BCUT2D eigenvalue weighted by atomic mass is 35.5. The molecule has 3 rings (SSSR count). The lowest BCUT2D eigenvalue weighted by atomic mass is 9.96. The van der Waals surface area contributed by atoms with E-state index >= 15 is 0 Å². The van der Waals surface area contributed by atoms with E-state index in [0.717, 1.165) is 18.9 Å². The van der Waals surface area contributed by atoms with Crippen molar-refractivity contribution in [2.24, 2.45) is 5.92 Å². The van der Waals surface area contributed by atoms with Gasteiger partial charge in [-0.2, -0.15) is 0 Å². The molecule has 0 unspecified atom stereocenters. The highest BCUT2D eigenvalue weighted by Gasteiger charge is 2.23. The van der Waals surface area contributed by atoms with Gasteiger partial charge in [-0.1, -0.05) is 11.6 Å². The van der Waals surface area contributed by atoms with Crippen LogP contribution in [0.15, 0.2) is 47.1 Å². The van der Waals surface area contributed by atoms with Gasteiger partial charge in [0, 0.05) is 37.8 Å². The van der Waals surface area contributed by atoms with Gasteiger partial charge in [-0.05, 0) is 43.0 Å². The second-order valence-corrected chi connectivity index (χ2v) is 7.16. The summed E-state index contributed by atoms with van der Waals surface area (Å²) in [4.78, 5) is 36.5. The number of nitrogens with zero attached hydrogens (tertiary/aromatic N) is 2. The number of amides is 2. The lowest BCUT2D eigenvalue weighted by molar-refractivity contribution is -0.384. The Morgan fingerprint density at radius 2 is 2.07 bits per heavy atom. The van der Waals surface area contributed by atoms with Crippen LogP contribution < -0.4 is 5.32 Å². The van der Waals surface area contributed by atoms with Crippen LogP contribution in [-0.4, -0.2) is 41.3 Å². The van der Waals surface area contributed by atoms with Gasteiger partial charge in [-0.15, -0.1) is 0 Å². The number of hydrogen-bond acceptors (Lipinski definition) is 5. The zero-order valence-corrected chi connectivity index (χ0v) is 16.3. The summed E-state index contributed by atoms with van der Waals surface area (Å²) in [7, 11) is 0. The summed E-state index contributed by atoms with van der Waals surface area (Å²) in [6, 6.07) is 7.30. The molecular formula is C20H20ClN3O5. The van der Waals surface area contributed by atoms with Gasteiger partial charge < -0.3 is 14.6 Å². The summed E-state index contributed by atoms with van der Waals surface area (Å²) < 4.78 is 5.17. The Bertz CT molecular complexity index is 918. The van der Waals surface area contributed by atoms with E-state index in [-0.39, 0.29) is 34.0 Å². The van der Waals surface area contributed by atoms with E-state index in [9.17, 15) is 19.7 Å². The standard InChI is InChI=1S/C20H20ClN3O5/c21-18-12-15(24(27)28)3-5-17(18)20(26)22-13-14-7-9-23(10-8-14)19(25)6-4-16-2-1-11-29-16/h1-6,11-12,14H,7-10,13H2,(H,22,26)/b6-4+. The van der Waals surface area contributed by atoms with E-state index in [4.69, 9.17) is 16.0 Å². The van der Waals surface area contributed by atoms with Gasteiger partial charge in [-0.25, -0.2) is 0 Å². The first kappa shape index (κ1) is 20.6. The van der Waals surface area contributed by atoms with Gasteiger partial charge in [0.2, 0.25) is 5.91 Å². The van der Waals surface area contributed by atoms with Gasteiger partial charge in [0.1, 0.15) is 5.76 Å². The Balaban J connectivity index is 1.45. The Morgan fingerprint density at radius 1 is 1.31 bits per heavy atom. The topological polar surface area (TPSA) is 106 Å². The maximum absolute atomic E-state index is 12.3. The Hall–Kier alpha value is -3.13. The van der Waals surface area contributed by atoms with Crippen molar-refractivity contribution in [3.8, 4) is 0 Å². The fourth-order valence-corrected chi connectivity index (χ4v) is 3.40. The SMILES string of the molecule is O=C(NCC1CCN(C(=O)/C=C/c2ccco2)CC1)c1ccc([N+](=O)[O-])cc1Cl. The van der Waals surface area contributed by atoms with Crippen LogP contribution in [0, 0.1) is 16.0 Å². The summed E-state index contributed by atoms with van der Waals surface area (Å²) in [6.45, 7) is 1.68. The maximum atomic E-state index is 12.3. The number of rotatable bonds is 6. The van der Waals surface area contributed by atoms with E-state index in [1.807, 2.05) is 0 Å². The zero-order chi connectivity index (χ0) is 20.8. The quantitative estimate of drug-likeness (QED) is 0.439. The first-order chi connectivity index (χ1) is 13.9. The molecule has 2 aromatic rings. The predicted molar refractivity (Wildman–Crippen MR) is 107 cm³/mol. The second-order valence-electron chi connectivity index (χ2n) is 6.75. The van der Waals surface area contributed by atoms with Crippen molar-refractivity contribution in [3.05, 3.63) is 69.1 Å². The third kappa shape index (κ3) is 5.45. The van der Waals surface area contributed by atoms with Crippen LogP contribution in [0.4, 0.5) is 5.69 Å². The average molecular weight is 418 g/mol. The number of hydrogen-bond donors (Lipinski definition) is 1. The van der Waals surface area contributed by atoms with Crippen molar-refractivity contribution in [2.45, 2.75) is 12.8 Å². The van der Waals surface area contributed by atoms with E-state index in [0.29, 0.717) is 25.4 Å². The van der Waals surface area contributed by atoms with Crippen LogP contribution in [-0.2, 0) is 4.79 Å². The van der Waals surface area contributed by atoms with Crippen molar-refractivity contribution in [1.29, 1.82) is 0 Å². The van der Waals surface area contributed by atoms with Crippen LogP contribution in [0.5, 0.6) is 0 Å². The van der Waals surface area contributed by atoms with Crippen molar-refractivity contribution in [2.75, 3.05) is 19.6 Å². The number of carbonyl (C=O) groups excluding carboxylic acids is 2. The first-order valence-corrected chi connectivity index (χ1v) is 9.54. The monoisotopic (exact) mass is 417 g/mol. The molecule has 1 aliphatic rings. The van der Waals surface area contributed by atoms with E-state index < -0.39 is 4.92 Å². The molecule has 0 radical (unpaired) electrons. The smallest absolute Gasteiger partial charge is 0.270 e. The summed E-state index contributed by atoms with van der Waals surface area (Å²) in [6.07, 6.45) is 6.23. The summed E-state index contributed by atoms with van der Waals surface area (Å²) in [5.41, 5.74) is 0.0395. The van der Waals surface area contributed by atoms with Gasteiger partial charge in [-0.3, -0.25) is 19.7 Å². The summed E-state index contributed by atoms with van der Waals surface area (Å²) >= 11 is 5.99. The summed E-state index contributed by atoms with van der Waals surface area (Å²) in [5.74, 6) is 0.432. The molecule has 8 nitrogen and oxygen atoms in total. The molecule has 1 N–H and O–H groups in total. The zero-order valence-electron chi connectivity index (χ0n) is 15.5. The largest absolute Gasteiger partial charge is 0.465 e. The minimum atomic E-state index is -0.563. The van der Waals surface area contributed by atoms with Crippen LogP contribution in [0.2, 0.25) is 5.02 Å². The Kier molecular flexibility index (Phi) is 6.66. The minimum Gasteiger partial charge on any atom is -0.465 e. The normalized spacial score (nSPS) is 14.9. The molecule has 0 bridgehead atoms. The molecule has 1 aliphatic heterocycles. The molecule has 2 amide bonds. The highest BCUT2D eigenvalue weighted by Crippen LogP contribution is 2.23. The molecule has 1 saturated heterocycles. The number of likely N-dealkylation sites (tertiary alicyclic amines) is 1. The third-order valence-electron chi connectivity index (χ3n) is 4.82. The lowest BCUT2D eigenvalue weighted by Gasteiger charge is -2.31. The Morgan fingerprint density at radius 3 is 2.69 bits per heavy atom. The molecule has 1 aromatic heterocycles. The van der Waals surface area contributed by atoms with E-state index in [2.05, 4.69) is 5.32 Å². The minimum absolute atomic E-state index is 0.0421. The number of carbonyl (C=O) groups is 2. The van der Waals surface area contributed by atoms with Crippen LogP contribution in [0.25, 0.3) is 6.08 Å². The molecule has 29 heavy (non-hydrogen) atoms. The molecule has 2 heterocycles. The van der Waals surface area contributed by atoms with Gasteiger partial charge in [0.25, 0.3) is 11.6 Å². The molecule has 0 saturated carbocycles. The number of non-ortho nitro benzene ring substituents is 1. The first-order valence-electron chi connectivity index (χ1n) is 9.16. The van der Waals surface area contributed by atoms with Gasteiger partial charge in [0.15, 0.2) is 0 Å². The van der Waals surface area contributed by atoms with Gasteiger partial charge in [0.05, 0.1) is 21.8 Å². The molecule has 152 valence electrons. The maximum Gasteiger partial charge on any atom is 0.270 e. The molecule has 0 atom stereocenters. The van der Waals surface area contributed by atoms with Crippen LogP contribution in [0.3, 0.4) is 0 Å². The third-order valence-corrected chi connectivity index (χ3v) is 5.13. The van der Waals surface area contributed by atoms with Crippen molar-refractivity contribution >= 4 is 35.2 Å². The fraction of sp³-hybridized carbons (Fsp3) is 0.300. The number of furan rings is 1.